The van der Waals surface area contributed by atoms with Gasteiger partial charge in [-0.15, -0.1) is 0 Å². The molecule has 0 bridgehead atoms. The number of Topliss-reactive ketones (excluding diaryl/α,β-unsaturated/α-hetero) is 2. The maximum atomic E-state index is 11.9. The summed E-state index contributed by atoms with van der Waals surface area (Å²) in [5.41, 5.74) is 0.506. The molecule has 0 aromatic heterocycles. The number of benzene rings is 1. The monoisotopic (exact) mass is 247 g/mol. The van der Waals surface area contributed by atoms with Crippen LogP contribution in [0.15, 0.2) is 30.3 Å². The molecule has 0 aliphatic carbocycles. The molecular weight excluding hydrogens is 230 g/mol. The molecule has 0 spiro atoms. The van der Waals surface area contributed by atoms with E-state index in [4.69, 9.17) is 0 Å². The lowest BCUT2D eigenvalue weighted by molar-refractivity contribution is -0.119. The Balaban J connectivity index is 2.64. The Morgan fingerprint density at radius 2 is 1.72 bits per heavy atom. The van der Waals surface area contributed by atoms with Gasteiger partial charge in [0, 0.05) is 12.0 Å². The Kier molecular flexibility index (Phi) is 5.24. The van der Waals surface area contributed by atoms with Crippen LogP contribution in [-0.4, -0.2) is 23.5 Å². The van der Waals surface area contributed by atoms with E-state index in [0.717, 1.165) is 0 Å². The molecule has 0 saturated carbocycles. The Hall–Kier alpha value is -1.97. The van der Waals surface area contributed by atoms with Crippen LogP contribution in [0.1, 0.15) is 37.0 Å². The number of carbonyl (C=O) groups is 3. The van der Waals surface area contributed by atoms with Crippen LogP contribution >= 0.6 is 0 Å². The van der Waals surface area contributed by atoms with Crippen molar-refractivity contribution in [2.75, 3.05) is 0 Å². The van der Waals surface area contributed by atoms with Crippen molar-refractivity contribution in [3.8, 4) is 0 Å². The first kappa shape index (κ1) is 14.1. The lowest BCUT2D eigenvalue weighted by Gasteiger charge is -2.15. The van der Waals surface area contributed by atoms with E-state index in [-0.39, 0.29) is 17.5 Å². The maximum Gasteiger partial charge on any atom is 0.251 e. The Morgan fingerprint density at radius 1 is 1.11 bits per heavy atom. The largest absolute Gasteiger partial charge is 0.342 e. The van der Waals surface area contributed by atoms with E-state index in [9.17, 15) is 14.4 Å². The summed E-state index contributed by atoms with van der Waals surface area (Å²) < 4.78 is 0. The number of hydrogen-bond donors (Lipinski definition) is 1. The van der Waals surface area contributed by atoms with Gasteiger partial charge in [-0.05, 0) is 32.4 Å². The number of nitrogens with one attached hydrogen (secondary N) is 1. The molecule has 0 unspecified atom stereocenters. The van der Waals surface area contributed by atoms with Crippen molar-refractivity contribution in [2.45, 2.75) is 32.7 Å². The topological polar surface area (TPSA) is 63.2 Å². The van der Waals surface area contributed by atoms with Crippen LogP contribution in [0.25, 0.3) is 0 Å². The molecule has 0 aliphatic rings. The number of carbonyl (C=O) groups excluding carboxylic acids is 3. The predicted octanol–water partition coefficient (Wildman–Crippen LogP) is 1.74. The van der Waals surface area contributed by atoms with E-state index in [1.54, 1.807) is 24.3 Å². The Labute approximate surface area is 106 Å². The fraction of sp³-hybridized carbons (Fsp3) is 0.357. The minimum Gasteiger partial charge on any atom is -0.342 e. The second-order valence-electron chi connectivity index (χ2n) is 4.24. The van der Waals surface area contributed by atoms with Crippen LogP contribution in [0.4, 0.5) is 0 Å². The molecule has 1 rings (SSSR count). The summed E-state index contributed by atoms with van der Waals surface area (Å²) in [5.74, 6) is -0.421. The summed E-state index contributed by atoms with van der Waals surface area (Å²) in [7, 11) is 0. The number of rotatable bonds is 6. The van der Waals surface area contributed by atoms with Crippen molar-refractivity contribution in [3.63, 3.8) is 0 Å². The smallest absolute Gasteiger partial charge is 0.251 e. The van der Waals surface area contributed by atoms with E-state index in [1.807, 2.05) is 6.07 Å². The molecule has 1 aromatic rings. The van der Waals surface area contributed by atoms with Crippen molar-refractivity contribution in [3.05, 3.63) is 35.9 Å². The molecule has 1 atom stereocenters. The summed E-state index contributed by atoms with van der Waals surface area (Å²) in [4.78, 5) is 34.2. The zero-order valence-corrected chi connectivity index (χ0v) is 10.6. The van der Waals surface area contributed by atoms with Gasteiger partial charge in [0.05, 0.1) is 6.04 Å². The lowest BCUT2D eigenvalue weighted by atomic mass is 10.1. The first-order valence-electron chi connectivity index (χ1n) is 5.86. The molecule has 18 heavy (non-hydrogen) atoms. The highest BCUT2D eigenvalue weighted by Gasteiger charge is 2.18. The quantitative estimate of drug-likeness (QED) is 0.832. The van der Waals surface area contributed by atoms with Gasteiger partial charge in [0.25, 0.3) is 5.91 Å². The van der Waals surface area contributed by atoms with Crippen molar-refractivity contribution in [1.82, 2.24) is 5.32 Å². The zero-order chi connectivity index (χ0) is 13.5. The van der Waals surface area contributed by atoms with Gasteiger partial charge in [0.2, 0.25) is 0 Å². The van der Waals surface area contributed by atoms with Crippen molar-refractivity contribution >= 4 is 17.5 Å². The zero-order valence-electron chi connectivity index (χ0n) is 10.6. The molecule has 0 heterocycles. The van der Waals surface area contributed by atoms with E-state index in [2.05, 4.69) is 5.32 Å². The highest BCUT2D eigenvalue weighted by molar-refractivity contribution is 5.97. The first-order valence-corrected chi connectivity index (χ1v) is 5.86. The van der Waals surface area contributed by atoms with E-state index in [1.165, 1.54) is 13.8 Å². The molecular formula is C14H17NO3. The minimum absolute atomic E-state index is 0.00945. The van der Waals surface area contributed by atoms with Crippen LogP contribution < -0.4 is 5.32 Å². The summed E-state index contributed by atoms with van der Waals surface area (Å²) in [6.07, 6.45) is 0.641. The summed E-state index contributed by atoms with van der Waals surface area (Å²) in [5, 5.41) is 2.65. The molecule has 0 fully saturated rings. The van der Waals surface area contributed by atoms with E-state index >= 15 is 0 Å². The third-order valence-corrected chi connectivity index (χ3v) is 2.62. The average Bonchev–Trinajstić information content (AvgIpc) is 2.34. The highest BCUT2D eigenvalue weighted by Crippen LogP contribution is 2.03. The second kappa shape index (κ2) is 6.69. The third-order valence-electron chi connectivity index (χ3n) is 2.62. The van der Waals surface area contributed by atoms with Gasteiger partial charge < -0.3 is 10.1 Å². The van der Waals surface area contributed by atoms with Crippen LogP contribution in [0.2, 0.25) is 0 Å². The molecule has 1 N–H and O–H groups in total. The normalized spacial score (nSPS) is 11.7. The molecule has 0 aliphatic heterocycles. The molecule has 1 amide bonds. The van der Waals surface area contributed by atoms with Crippen molar-refractivity contribution in [1.29, 1.82) is 0 Å². The molecule has 96 valence electrons. The second-order valence-corrected chi connectivity index (χ2v) is 4.24. The van der Waals surface area contributed by atoms with Crippen LogP contribution in [0.5, 0.6) is 0 Å². The standard InChI is InChI=1S/C14H17NO3/c1-10(16)8-9-13(11(2)17)15-14(18)12-6-4-3-5-7-12/h3-7,13H,8-9H2,1-2H3,(H,15,18)/t13-/m1/s1. The number of hydrogen-bond acceptors (Lipinski definition) is 3. The SMILES string of the molecule is CC(=O)CC[C@@H](NC(=O)c1ccccc1)C(C)=O. The molecule has 4 nitrogen and oxygen atoms in total. The summed E-state index contributed by atoms with van der Waals surface area (Å²) in [6.45, 7) is 2.88. The fourth-order valence-electron chi connectivity index (χ4n) is 1.56. The maximum absolute atomic E-state index is 11.9. The minimum atomic E-state index is -0.596. The number of amides is 1. The van der Waals surface area contributed by atoms with Crippen LogP contribution in [0, 0.1) is 0 Å². The van der Waals surface area contributed by atoms with Gasteiger partial charge in [-0.1, -0.05) is 18.2 Å². The lowest BCUT2D eigenvalue weighted by Crippen LogP contribution is -2.40. The first-order chi connectivity index (χ1) is 8.50. The van der Waals surface area contributed by atoms with Gasteiger partial charge >= 0.3 is 0 Å². The summed E-state index contributed by atoms with van der Waals surface area (Å²) >= 11 is 0. The third kappa shape index (κ3) is 4.49. The van der Waals surface area contributed by atoms with E-state index < -0.39 is 6.04 Å². The van der Waals surface area contributed by atoms with E-state index in [0.29, 0.717) is 18.4 Å². The summed E-state index contributed by atoms with van der Waals surface area (Å²) in [6, 6.07) is 8.09. The average molecular weight is 247 g/mol. The van der Waals surface area contributed by atoms with Crippen LogP contribution in [0.3, 0.4) is 0 Å². The van der Waals surface area contributed by atoms with Gasteiger partial charge in [-0.3, -0.25) is 9.59 Å². The molecule has 0 radical (unpaired) electrons. The van der Waals surface area contributed by atoms with Gasteiger partial charge in [-0.25, -0.2) is 0 Å². The van der Waals surface area contributed by atoms with Gasteiger partial charge in [-0.2, -0.15) is 0 Å². The fourth-order valence-corrected chi connectivity index (χ4v) is 1.56. The van der Waals surface area contributed by atoms with Crippen molar-refractivity contribution < 1.29 is 14.4 Å². The van der Waals surface area contributed by atoms with Crippen molar-refractivity contribution in [2.24, 2.45) is 0 Å². The Bertz CT molecular complexity index is 440. The number of ketones is 2. The molecule has 4 heteroatoms. The van der Waals surface area contributed by atoms with Crippen LogP contribution in [-0.2, 0) is 9.59 Å². The highest BCUT2D eigenvalue weighted by atomic mass is 16.2. The molecule has 0 saturated heterocycles. The van der Waals surface area contributed by atoms with Gasteiger partial charge in [0.1, 0.15) is 5.78 Å². The Morgan fingerprint density at radius 3 is 2.22 bits per heavy atom. The van der Waals surface area contributed by atoms with Gasteiger partial charge in [0.15, 0.2) is 5.78 Å². The molecule has 1 aromatic carbocycles. The predicted molar refractivity (Wildman–Crippen MR) is 68.3 cm³/mol.